The average Bonchev–Trinajstić information content (AvgIpc) is 3.17. The standard InChI is InChI=1S/C21H29N3OS/c1-16-9-11-24(12-10-16)19(20-8-5-13-26-20)15-22-21(25)17-6-4-7-18(14-17)23(2)3/h4-8,13-14,16,19H,9-12,15H2,1-3H3,(H,22,25)/t19-/m1/s1. The van der Waals surface area contributed by atoms with Crippen molar-refractivity contribution in [2.45, 2.75) is 25.8 Å². The minimum atomic E-state index is 0.000587. The van der Waals surface area contributed by atoms with E-state index in [0.717, 1.165) is 24.7 Å². The molecule has 0 bridgehead atoms. The number of nitrogens with one attached hydrogen (secondary N) is 1. The minimum absolute atomic E-state index is 0.000587. The van der Waals surface area contributed by atoms with Crippen LogP contribution in [-0.2, 0) is 0 Å². The maximum absolute atomic E-state index is 12.7. The number of likely N-dealkylation sites (tertiary alicyclic amines) is 1. The molecule has 3 rings (SSSR count). The van der Waals surface area contributed by atoms with Crippen molar-refractivity contribution in [1.82, 2.24) is 10.2 Å². The summed E-state index contributed by atoms with van der Waals surface area (Å²) in [4.78, 5) is 18.6. The first-order chi connectivity index (χ1) is 12.5. The Morgan fingerprint density at radius 1 is 1.27 bits per heavy atom. The molecule has 2 aromatic rings. The SMILES string of the molecule is CC1CCN([C@H](CNC(=O)c2cccc(N(C)C)c2)c2cccs2)CC1. The number of hydrogen-bond acceptors (Lipinski definition) is 4. The van der Waals surface area contributed by atoms with Crippen molar-refractivity contribution >= 4 is 22.9 Å². The fourth-order valence-corrected chi connectivity index (χ4v) is 4.31. The van der Waals surface area contributed by atoms with Gasteiger partial charge in [0.1, 0.15) is 0 Å². The molecule has 26 heavy (non-hydrogen) atoms. The third-order valence-corrected chi connectivity index (χ3v) is 6.18. The summed E-state index contributed by atoms with van der Waals surface area (Å²) < 4.78 is 0. The van der Waals surface area contributed by atoms with Gasteiger partial charge in [-0.2, -0.15) is 0 Å². The lowest BCUT2D eigenvalue weighted by Crippen LogP contribution is -2.41. The summed E-state index contributed by atoms with van der Waals surface area (Å²) in [6.45, 7) is 5.20. The van der Waals surface area contributed by atoms with E-state index in [1.165, 1.54) is 17.7 Å². The lowest BCUT2D eigenvalue weighted by molar-refractivity contribution is 0.0915. The highest BCUT2D eigenvalue weighted by Crippen LogP contribution is 2.29. The van der Waals surface area contributed by atoms with E-state index < -0.39 is 0 Å². The second-order valence-corrected chi connectivity index (χ2v) is 8.38. The minimum Gasteiger partial charge on any atom is -0.378 e. The topological polar surface area (TPSA) is 35.6 Å². The molecule has 1 atom stereocenters. The van der Waals surface area contributed by atoms with E-state index >= 15 is 0 Å². The van der Waals surface area contributed by atoms with Gasteiger partial charge in [0.05, 0.1) is 6.04 Å². The Kier molecular flexibility index (Phi) is 6.33. The lowest BCUT2D eigenvalue weighted by Gasteiger charge is -2.36. The van der Waals surface area contributed by atoms with Crippen molar-refractivity contribution in [2.75, 3.05) is 38.6 Å². The van der Waals surface area contributed by atoms with Crippen LogP contribution >= 0.6 is 11.3 Å². The summed E-state index contributed by atoms with van der Waals surface area (Å²) in [6.07, 6.45) is 2.47. The number of carbonyl (C=O) groups is 1. The van der Waals surface area contributed by atoms with Gasteiger partial charge in [0.25, 0.3) is 5.91 Å². The van der Waals surface area contributed by atoms with Crippen LogP contribution in [0, 0.1) is 5.92 Å². The number of carbonyl (C=O) groups excluding carboxylic acids is 1. The van der Waals surface area contributed by atoms with Gasteiger partial charge in [0, 0.05) is 36.8 Å². The molecule has 1 amide bonds. The number of thiophene rings is 1. The number of anilines is 1. The number of rotatable bonds is 6. The van der Waals surface area contributed by atoms with Crippen LogP contribution in [0.1, 0.15) is 41.0 Å². The van der Waals surface area contributed by atoms with E-state index in [1.807, 2.05) is 43.3 Å². The molecule has 140 valence electrons. The molecule has 0 radical (unpaired) electrons. The molecule has 1 aromatic carbocycles. The van der Waals surface area contributed by atoms with Crippen molar-refractivity contribution in [1.29, 1.82) is 0 Å². The molecule has 2 heterocycles. The van der Waals surface area contributed by atoms with Gasteiger partial charge in [-0.1, -0.05) is 19.1 Å². The van der Waals surface area contributed by atoms with Crippen molar-refractivity contribution in [3.63, 3.8) is 0 Å². The second-order valence-electron chi connectivity index (χ2n) is 7.40. The van der Waals surface area contributed by atoms with Crippen LogP contribution in [-0.4, -0.2) is 44.5 Å². The lowest BCUT2D eigenvalue weighted by atomic mass is 9.97. The largest absolute Gasteiger partial charge is 0.378 e. The Hall–Kier alpha value is -1.85. The second kappa shape index (κ2) is 8.69. The van der Waals surface area contributed by atoms with Crippen LogP contribution in [0.5, 0.6) is 0 Å². The maximum Gasteiger partial charge on any atom is 0.251 e. The van der Waals surface area contributed by atoms with Crippen LogP contribution < -0.4 is 10.2 Å². The number of amides is 1. The van der Waals surface area contributed by atoms with E-state index in [4.69, 9.17) is 0 Å². The predicted molar refractivity (Wildman–Crippen MR) is 110 cm³/mol. The highest BCUT2D eigenvalue weighted by atomic mass is 32.1. The predicted octanol–water partition coefficient (Wildman–Crippen LogP) is 4.02. The quantitative estimate of drug-likeness (QED) is 0.833. The molecule has 1 fully saturated rings. The van der Waals surface area contributed by atoms with Crippen molar-refractivity contribution in [2.24, 2.45) is 5.92 Å². The Bertz CT molecular complexity index is 706. The average molecular weight is 372 g/mol. The molecular weight excluding hydrogens is 342 g/mol. The van der Waals surface area contributed by atoms with E-state index in [1.54, 1.807) is 11.3 Å². The molecule has 1 aliphatic rings. The summed E-state index contributed by atoms with van der Waals surface area (Å²) in [5.41, 5.74) is 1.76. The van der Waals surface area contributed by atoms with Crippen LogP contribution in [0.15, 0.2) is 41.8 Å². The monoisotopic (exact) mass is 371 g/mol. The smallest absolute Gasteiger partial charge is 0.251 e. The van der Waals surface area contributed by atoms with Crippen LogP contribution in [0.25, 0.3) is 0 Å². The van der Waals surface area contributed by atoms with Crippen molar-refractivity contribution in [3.05, 3.63) is 52.2 Å². The van der Waals surface area contributed by atoms with Gasteiger partial charge in [-0.15, -0.1) is 11.3 Å². The zero-order valence-electron chi connectivity index (χ0n) is 15.9. The zero-order valence-corrected chi connectivity index (χ0v) is 16.8. The summed E-state index contributed by atoms with van der Waals surface area (Å²) in [5.74, 6) is 0.805. The fourth-order valence-electron chi connectivity index (χ4n) is 3.45. The first-order valence-corrected chi connectivity index (χ1v) is 10.3. The van der Waals surface area contributed by atoms with E-state index in [9.17, 15) is 4.79 Å². The fraction of sp³-hybridized carbons (Fsp3) is 0.476. The van der Waals surface area contributed by atoms with Gasteiger partial charge in [-0.3, -0.25) is 9.69 Å². The highest BCUT2D eigenvalue weighted by molar-refractivity contribution is 7.10. The van der Waals surface area contributed by atoms with Crippen LogP contribution in [0.4, 0.5) is 5.69 Å². The van der Waals surface area contributed by atoms with Gasteiger partial charge in [0.15, 0.2) is 0 Å². The first-order valence-electron chi connectivity index (χ1n) is 9.37. The maximum atomic E-state index is 12.7. The van der Waals surface area contributed by atoms with Gasteiger partial charge < -0.3 is 10.2 Å². The molecule has 0 spiro atoms. The van der Waals surface area contributed by atoms with Crippen LogP contribution in [0.3, 0.4) is 0 Å². The number of benzene rings is 1. The Balaban J connectivity index is 1.68. The summed E-state index contributed by atoms with van der Waals surface area (Å²) in [5, 5.41) is 5.29. The Labute approximate surface area is 160 Å². The van der Waals surface area contributed by atoms with Crippen molar-refractivity contribution in [3.8, 4) is 0 Å². The molecule has 1 N–H and O–H groups in total. The van der Waals surface area contributed by atoms with E-state index in [2.05, 4.69) is 34.7 Å². The third-order valence-electron chi connectivity index (χ3n) is 5.21. The molecule has 0 aliphatic carbocycles. The highest BCUT2D eigenvalue weighted by Gasteiger charge is 2.25. The van der Waals surface area contributed by atoms with Gasteiger partial charge in [0.2, 0.25) is 0 Å². The van der Waals surface area contributed by atoms with Gasteiger partial charge in [-0.05, 0) is 61.5 Å². The molecule has 0 unspecified atom stereocenters. The number of piperidine rings is 1. The summed E-state index contributed by atoms with van der Waals surface area (Å²) >= 11 is 1.78. The zero-order chi connectivity index (χ0) is 18.5. The summed E-state index contributed by atoms with van der Waals surface area (Å²) in [6, 6.07) is 12.3. The molecule has 1 saturated heterocycles. The number of hydrogen-bond donors (Lipinski definition) is 1. The van der Waals surface area contributed by atoms with Gasteiger partial charge in [-0.25, -0.2) is 0 Å². The Morgan fingerprint density at radius 2 is 2.04 bits per heavy atom. The molecule has 1 aliphatic heterocycles. The normalized spacial score (nSPS) is 17.0. The van der Waals surface area contributed by atoms with E-state index in [-0.39, 0.29) is 11.9 Å². The molecule has 4 nitrogen and oxygen atoms in total. The molecule has 5 heteroatoms. The Morgan fingerprint density at radius 3 is 2.69 bits per heavy atom. The summed E-state index contributed by atoms with van der Waals surface area (Å²) in [7, 11) is 3.97. The molecule has 1 aromatic heterocycles. The first kappa shape index (κ1) is 18.9. The van der Waals surface area contributed by atoms with Crippen molar-refractivity contribution < 1.29 is 4.79 Å². The van der Waals surface area contributed by atoms with Gasteiger partial charge >= 0.3 is 0 Å². The van der Waals surface area contributed by atoms with E-state index in [0.29, 0.717) is 12.1 Å². The molecule has 0 saturated carbocycles. The van der Waals surface area contributed by atoms with Crippen LogP contribution in [0.2, 0.25) is 0 Å². The third kappa shape index (κ3) is 4.65. The molecular formula is C21H29N3OS. The number of nitrogens with zero attached hydrogens (tertiary/aromatic N) is 2.